The molecule has 9 nitrogen and oxygen atoms in total. The van der Waals surface area contributed by atoms with Crippen molar-refractivity contribution in [2.75, 3.05) is 5.32 Å². The van der Waals surface area contributed by atoms with Crippen molar-refractivity contribution in [3.05, 3.63) is 88.3 Å². The zero-order valence-electron chi connectivity index (χ0n) is 17.3. The van der Waals surface area contributed by atoms with Crippen molar-refractivity contribution >= 4 is 33.4 Å². The van der Waals surface area contributed by atoms with Gasteiger partial charge in [0.1, 0.15) is 5.76 Å². The summed E-state index contributed by atoms with van der Waals surface area (Å²) in [5.74, 6) is -0.106. The lowest BCUT2D eigenvalue weighted by molar-refractivity contribution is 0.0943. The second-order valence-corrected chi connectivity index (χ2v) is 7.94. The Kier molecular flexibility index (Phi) is 6.50. The fourth-order valence-corrected chi connectivity index (χ4v) is 3.45. The van der Waals surface area contributed by atoms with Crippen LogP contribution in [0.4, 0.5) is 5.69 Å². The predicted octanol–water partition coefficient (Wildman–Crippen LogP) is 3.69. The van der Waals surface area contributed by atoms with E-state index >= 15 is 0 Å². The number of anilines is 1. The Hall–Kier alpha value is -3.66. The zero-order valence-corrected chi connectivity index (χ0v) is 18.9. The van der Waals surface area contributed by atoms with Crippen LogP contribution < -0.4 is 10.6 Å². The number of halogens is 1. The second-order valence-electron chi connectivity index (χ2n) is 7.02. The van der Waals surface area contributed by atoms with Gasteiger partial charge in [-0.15, -0.1) is 0 Å². The van der Waals surface area contributed by atoms with Gasteiger partial charge >= 0.3 is 0 Å². The highest BCUT2D eigenvalue weighted by molar-refractivity contribution is 9.10. The van der Waals surface area contributed by atoms with Crippen LogP contribution in [0.5, 0.6) is 0 Å². The molecule has 2 amide bonds. The number of aromatic nitrogens is 4. The number of carbonyl (C=O) groups is 2. The quantitative estimate of drug-likeness (QED) is 0.386. The Morgan fingerprint density at radius 2 is 2.00 bits per heavy atom. The molecule has 3 aromatic heterocycles. The first-order valence-corrected chi connectivity index (χ1v) is 10.8. The number of hydrogen-bond acceptors (Lipinski definition) is 5. The lowest BCUT2D eigenvalue weighted by atomic mass is 10.1. The Morgan fingerprint density at radius 3 is 2.72 bits per heavy atom. The molecule has 0 radical (unpaired) electrons. The predicted molar refractivity (Wildman–Crippen MR) is 121 cm³/mol. The minimum absolute atomic E-state index is 0.143. The van der Waals surface area contributed by atoms with E-state index in [4.69, 9.17) is 4.42 Å². The van der Waals surface area contributed by atoms with Crippen LogP contribution in [0.3, 0.4) is 0 Å². The third-order valence-electron chi connectivity index (χ3n) is 4.69. The molecule has 3 heterocycles. The SMILES string of the molecule is CCn1cc(NC(=O)c2cccc(Cn3cc(Br)cn3)c2)c(C(=O)NCc2ccco2)n1. The van der Waals surface area contributed by atoms with Crippen molar-refractivity contribution in [2.24, 2.45) is 0 Å². The van der Waals surface area contributed by atoms with Gasteiger partial charge in [-0.25, -0.2) is 0 Å². The van der Waals surface area contributed by atoms with Gasteiger partial charge in [-0.05, 0) is 52.7 Å². The monoisotopic (exact) mass is 496 g/mol. The maximum atomic E-state index is 12.9. The molecule has 0 fully saturated rings. The molecular weight excluding hydrogens is 476 g/mol. The van der Waals surface area contributed by atoms with E-state index in [-0.39, 0.29) is 18.1 Å². The molecular formula is C22H21BrN6O3. The summed E-state index contributed by atoms with van der Waals surface area (Å²) in [6.07, 6.45) is 6.75. The van der Waals surface area contributed by atoms with Crippen molar-refractivity contribution in [1.82, 2.24) is 24.9 Å². The zero-order chi connectivity index (χ0) is 22.5. The molecule has 0 unspecified atom stereocenters. The molecule has 0 atom stereocenters. The average Bonchev–Trinajstić information content (AvgIpc) is 3.54. The first kappa shape index (κ1) is 21.6. The number of rotatable bonds is 8. The first-order chi connectivity index (χ1) is 15.5. The molecule has 0 aliphatic heterocycles. The van der Waals surface area contributed by atoms with Crippen molar-refractivity contribution < 1.29 is 14.0 Å². The van der Waals surface area contributed by atoms with E-state index in [1.165, 1.54) is 6.26 Å². The van der Waals surface area contributed by atoms with Gasteiger partial charge in [0.25, 0.3) is 11.8 Å². The summed E-state index contributed by atoms with van der Waals surface area (Å²) in [4.78, 5) is 25.6. The van der Waals surface area contributed by atoms with Gasteiger partial charge in [-0.3, -0.25) is 19.0 Å². The fourth-order valence-electron chi connectivity index (χ4n) is 3.12. The van der Waals surface area contributed by atoms with Crippen molar-refractivity contribution in [1.29, 1.82) is 0 Å². The third-order valence-corrected chi connectivity index (χ3v) is 5.10. The van der Waals surface area contributed by atoms with E-state index in [2.05, 4.69) is 36.8 Å². The average molecular weight is 497 g/mol. The molecule has 32 heavy (non-hydrogen) atoms. The second kappa shape index (κ2) is 9.65. The number of hydrogen-bond donors (Lipinski definition) is 2. The van der Waals surface area contributed by atoms with Crippen LogP contribution in [0.2, 0.25) is 0 Å². The molecule has 0 aliphatic rings. The van der Waals surface area contributed by atoms with Gasteiger partial charge in [0.15, 0.2) is 5.69 Å². The molecule has 2 N–H and O–H groups in total. The van der Waals surface area contributed by atoms with Gasteiger partial charge in [-0.1, -0.05) is 12.1 Å². The first-order valence-electron chi connectivity index (χ1n) is 9.98. The van der Waals surface area contributed by atoms with Crippen LogP contribution in [-0.2, 0) is 19.6 Å². The molecule has 0 aliphatic carbocycles. The van der Waals surface area contributed by atoms with Gasteiger partial charge in [-0.2, -0.15) is 10.2 Å². The van der Waals surface area contributed by atoms with Gasteiger partial charge < -0.3 is 15.1 Å². The number of nitrogens with one attached hydrogen (secondary N) is 2. The summed E-state index contributed by atoms with van der Waals surface area (Å²) in [5.41, 5.74) is 1.88. The molecule has 4 rings (SSSR count). The minimum atomic E-state index is -0.401. The normalized spacial score (nSPS) is 10.8. The Labute approximate surface area is 192 Å². The van der Waals surface area contributed by atoms with Crippen molar-refractivity contribution in [3.63, 3.8) is 0 Å². The maximum absolute atomic E-state index is 12.9. The number of carbonyl (C=O) groups excluding carboxylic acids is 2. The highest BCUT2D eigenvalue weighted by Crippen LogP contribution is 2.17. The molecule has 10 heteroatoms. The van der Waals surface area contributed by atoms with E-state index in [0.717, 1.165) is 10.0 Å². The summed E-state index contributed by atoms with van der Waals surface area (Å²) < 4.78 is 9.49. The summed E-state index contributed by atoms with van der Waals surface area (Å²) in [6, 6.07) is 10.8. The third kappa shape index (κ3) is 5.14. The number of nitrogens with zero attached hydrogens (tertiary/aromatic N) is 4. The number of amides is 2. The minimum Gasteiger partial charge on any atom is -0.467 e. The number of benzene rings is 1. The van der Waals surface area contributed by atoms with Crippen LogP contribution in [0.1, 0.15) is 39.1 Å². The van der Waals surface area contributed by atoms with Gasteiger partial charge in [0.05, 0.1) is 35.7 Å². The summed E-state index contributed by atoms with van der Waals surface area (Å²) in [7, 11) is 0. The molecule has 0 spiro atoms. The highest BCUT2D eigenvalue weighted by Gasteiger charge is 2.19. The standard InChI is InChI=1S/C22H21BrN6O3/c1-2-28-14-19(20(27-28)22(31)24-11-18-7-4-8-32-18)26-21(30)16-6-3-5-15(9-16)12-29-13-17(23)10-25-29/h3-10,13-14H,2,11-12H2,1H3,(H,24,31)(H,26,30). The van der Waals surface area contributed by atoms with Gasteiger partial charge in [0, 0.05) is 24.5 Å². The number of furan rings is 1. The largest absolute Gasteiger partial charge is 0.467 e. The summed E-state index contributed by atoms with van der Waals surface area (Å²) in [5, 5.41) is 14.1. The summed E-state index contributed by atoms with van der Waals surface area (Å²) >= 11 is 3.38. The molecule has 0 saturated heterocycles. The van der Waals surface area contributed by atoms with Crippen LogP contribution in [-0.4, -0.2) is 31.4 Å². The van der Waals surface area contributed by atoms with E-state index in [1.807, 2.05) is 25.3 Å². The van der Waals surface area contributed by atoms with Crippen LogP contribution in [0.15, 0.2) is 70.1 Å². The smallest absolute Gasteiger partial charge is 0.274 e. The summed E-state index contributed by atoms with van der Waals surface area (Å²) in [6.45, 7) is 3.22. The topological polar surface area (TPSA) is 107 Å². The van der Waals surface area contributed by atoms with Crippen molar-refractivity contribution in [3.8, 4) is 0 Å². The Bertz CT molecular complexity index is 1230. The fraction of sp³-hybridized carbons (Fsp3) is 0.182. The lowest BCUT2D eigenvalue weighted by Gasteiger charge is -2.08. The van der Waals surface area contributed by atoms with Gasteiger partial charge in [0.2, 0.25) is 0 Å². The maximum Gasteiger partial charge on any atom is 0.274 e. The molecule has 1 aromatic carbocycles. The van der Waals surface area contributed by atoms with E-state index in [0.29, 0.717) is 30.1 Å². The molecule has 164 valence electrons. The Morgan fingerprint density at radius 1 is 1.12 bits per heavy atom. The van der Waals surface area contributed by atoms with Crippen molar-refractivity contribution in [2.45, 2.75) is 26.6 Å². The molecule has 4 aromatic rings. The van der Waals surface area contributed by atoms with Crippen LogP contribution >= 0.6 is 15.9 Å². The number of aryl methyl sites for hydroxylation is 1. The van der Waals surface area contributed by atoms with Crippen LogP contribution in [0.25, 0.3) is 0 Å². The molecule has 0 bridgehead atoms. The van der Waals surface area contributed by atoms with E-state index < -0.39 is 5.91 Å². The van der Waals surface area contributed by atoms with Crippen LogP contribution in [0, 0.1) is 0 Å². The Balaban J connectivity index is 1.48. The van der Waals surface area contributed by atoms with E-state index in [1.54, 1.807) is 46.0 Å². The highest BCUT2D eigenvalue weighted by atomic mass is 79.9. The lowest BCUT2D eigenvalue weighted by Crippen LogP contribution is -2.25. The van der Waals surface area contributed by atoms with E-state index in [9.17, 15) is 9.59 Å². The molecule has 0 saturated carbocycles.